The van der Waals surface area contributed by atoms with E-state index in [-0.39, 0.29) is 5.91 Å². The standard InChI is InChI=1S/C22H26N4OS/c1-15(2)13-23-20(27)14-28-22-25-24-21(18-8-6-5-7-9-18)26(22)19-11-10-16(3)17(4)12-19/h5-12,15H,13-14H2,1-4H3,(H,23,27). The zero-order valence-electron chi connectivity index (χ0n) is 16.8. The number of thioether (sulfide) groups is 1. The molecular weight excluding hydrogens is 368 g/mol. The van der Waals surface area contributed by atoms with Gasteiger partial charge in [0.15, 0.2) is 11.0 Å². The van der Waals surface area contributed by atoms with Crippen molar-refractivity contribution in [2.75, 3.05) is 12.3 Å². The molecule has 0 aliphatic carbocycles. The van der Waals surface area contributed by atoms with Crippen LogP contribution in [0.5, 0.6) is 0 Å². The maximum Gasteiger partial charge on any atom is 0.230 e. The molecule has 1 amide bonds. The molecule has 0 fully saturated rings. The van der Waals surface area contributed by atoms with E-state index in [4.69, 9.17) is 0 Å². The first-order valence-corrected chi connectivity index (χ1v) is 10.4. The van der Waals surface area contributed by atoms with E-state index < -0.39 is 0 Å². The molecule has 0 aliphatic heterocycles. The summed E-state index contributed by atoms with van der Waals surface area (Å²) in [4.78, 5) is 12.2. The van der Waals surface area contributed by atoms with Gasteiger partial charge in [0, 0.05) is 12.1 Å². The molecule has 3 rings (SSSR count). The van der Waals surface area contributed by atoms with Crippen LogP contribution in [0.3, 0.4) is 0 Å². The summed E-state index contributed by atoms with van der Waals surface area (Å²) >= 11 is 1.40. The monoisotopic (exact) mass is 394 g/mol. The Morgan fingerprint density at radius 1 is 1.07 bits per heavy atom. The van der Waals surface area contributed by atoms with Crippen molar-refractivity contribution in [2.45, 2.75) is 32.9 Å². The summed E-state index contributed by atoms with van der Waals surface area (Å²) in [6, 6.07) is 16.3. The van der Waals surface area contributed by atoms with Crippen molar-refractivity contribution in [1.82, 2.24) is 20.1 Å². The predicted octanol–water partition coefficient (Wildman–Crippen LogP) is 4.42. The van der Waals surface area contributed by atoms with Crippen LogP contribution in [0.15, 0.2) is 53.7 Å². The Bertz CT molecular complexity index is 950. The smallest absolute Gasteiger partial charge is 0.230 e. The van der Waals surface area contributed by atoms with E-state index in [9.17, 15) is 4.79 Å². The predicted molar refractivity (Wildman–Crippen MR) is 115 cm³/mol. The molecule has 0 atom stereocenters. The van der Waals surface area contributed by atoms with Crippen LogP contribution < -0.4 is 5.32 Å². The number of amides is 1. The third kappa shape index (κ3) is 4.81. The SMILES string of the molecule is Cc1ccc(-n2c(SCC(=O)NCC(C)C)nnc2-c2ccccc2)cc1C. The van der Waals surface area contributed by atoms with Crippen LogP contribution in [0, 0.1) is 19.8 Å². The molecule has 0 radical (unpaired) electrons. The van der Waals surface area contributed by atoms with Gasteiger partial charge in [-0.3, -0.25) is 9.36 Å². The molecule has 0 aliphatic rings. The van der Waals surface area contributed by atoms with E-state index >= 15 is 0 Å². The second-order valence-corrected chi connectivity index (χ2v) is 8.21. The van der Waals surface area contributed by atoms with E-state index in [0.717, 1.165) is 17.1 Å². The highest BCUT2D eigenvalue weighted by Crippen LogP contribution is 2.28. The lowest BCUT2D eigenvalue weighted by atomic mass is 10.1. The summed E-state index contributed by atoms with van der Waals surface area (Å²) in [5.74, 6) is 1.52. The van der Waals surface area contributed by atoms with Gasteiger partial charge in [-0.25, -0.2) is 0 Å². The second-order valence-electron chi connectivity index (χ2n) is 7.26. The van der Waals surface area contributed by atoms with Crippen LogP contribution in [0.2, 0.25) is 0 Å². The summed E-state index contributed by atoms with van der Waals surface area (Å²) in [6.07, 6.45) is 0. The molecule has 2 aromatic carbocycles. The van der Waals surface area contributed by atoms with Crippen molar-refractivity contribution < 1.29 is 4.79 Å². The maximum absolute atomic E-state index is 12.2. The normalized spacial score (nSPS) is 11.0. The number of benzene rings is 2. The highest BCUT2D eigenvalue weighted by molar-refractivity contribution is 7.99. The number of aromatic nitrogens is 3. The van der Waals surface area contributed by atoms with Crippen LogP contribution in [0.25, 0.3) is 17.1 Å². The first kappa shape index (κ1) is 20.1. The summed E-state index contributed by atoms with van der Waals surface area (Å²) in [5.41, 5.74) is 4.43. The van der Waals surface area contributed by atoms with Crippen molar-refractivity contribution in [1.29, 1.82) is 0 Å². The van der Waals surface area contributed by atoms with Gasteiger partial charge < -0.3 is 5.32 Å². The highest BCUT2D eigenvalue weighted by atomic mass is 32.2. The van der Waals surface area contributed by atoms with Crippen molar-refractivity contribution in [2.24, 2.45) is 5.92 Å². The van der Waals surface area contributed by atoms with E-state index in [0.29, 0.717) is 23.4 Å². The van der Waals surface area contributed by atoms with Crippen LogP contribution in [-0.2, 0) is 4.79 Å². The van der Waals surface area contributed by atoms with Gasteiger partial charge in [-0.1, -0.05) is 62.0 Å². The second kappa shape index (κ2) is 9.06. The highest BCUT2D eigenvalue weighted by Gasteiger charge is 2.17. The fourth-order valence-electron chi connectivity index (χ4n) is 2.73. The Morgan fingerprint density at radius 2 is 1.82 bits per heavy atom. The number of nitrogens with zero attached hydrogens (tertiary/aromatic N) is 3. The average molecular weight is 395 g/mol. The van der Waals surface area contributed by atoms with Crippen LogP contribution in [-0.4, -0.2) is 33.0 Å². The van der Waals surface area contributed by atoms with Gasteiger partial charge in [-0.2, -0.15) is 0 Å². The van der Waals surface area contributed by atoms with E-state index in [2.05, 4.69) is 61.4 Å². The van der Waals surface area contributed by atoms with Gasteiger partial charge >= 0.3 is 0 Å². The Labute approximate surface area is 170 Å². The maximum atomic E-state index is 12.2. The van der Waals surface area contributed by atoms with Gasteiger partial charge in [0.2, 0.25) is 5.91 Å². The Morgan fingerprint density at radius 3 is 2.50 bits per heavy atom. The number of carbonyl (C=O) groups is 1. The molecule has 0 saturated heterocycles. The lowest BCUT2D eigenvalue weighted by molar-refractivity contribution is -0.118. The molecule has 1 N–H and O–H groups in total. The van der Waals surface area contributed by atoms with E-state index in [1.54, 1.807) is 0 Å². The summed E-state index contributed by atoms with van der Waals surface area (Å²) in [5, 5.41) is 12.5. The quantitative estimate of drug-likeness (QED) is 0.603. The van der Waals surface area contributed by atoms with Gasteiger partial charge in [0.25, 0.3) is 0 Å². The van der Waals surface area contributed by atoms with Gasteiger partial charge in [-0.05, 0) is 43.0 Å². The largest absolute Gasteiger partial charge is 0.355 e. The number of hydrogen-bond acceptors (Lipinski definition) is 4. The minimum absolute atomic E-state index is 0.00889. The topological polar surface area (TPSA) is 59.8 Å². The fraction of sp³-hybridized carbons (Fsp3) is 0.318. The van der Waals surface area contributed by atoms with E-state index in [1.807, 2.05) is 34.9 Å². The molecule has 3 aromatic rings. The molecule has 0 unspecified atom stereocenters. The van der Waals surface area contributed by atoms with Crippen molar-refractivity contribution in [3.63, 3.8) is 0 Å². The minimum Gasteiger partial charge on any atom is -0.355 e. The molecule has 1 heterocycles. The third-order valence-electron chi connectivity index (χ3n) is 4.45. The summed E-state index contributed by atoms with van der Waals surface area (Å²) < 4.78 is 2.03. The van der Waals surface area contributed by atoms with Crippen LogP contribution in [0.4, 0.5) is 0 Å². The molecular formula is C22H26N4OS. The van der Waals surface area contributed by atoms with Gasteiger partial charge in [0.1, 0.15) is 0 Å². The zero-order valence-corrected chi connectivity index (χ0v) is 17.6. The van der Waals surface area contributed by atoms with Crippen LogP contribution in [0.1, 0.15) is 25.0 Å². The molecule has 28 heavy (non-hydrogen) atoms. The number of rotatable bonds is 7. The Kier molecular flexibility index (Phi) is 6.52. The Balaban J connectivity index is 1.93. The lowest BCUT2D eigenvalue weighted by Gasteiger charge is -2.12. The molecule has 6 heteroatoms. The molecule has 0 bridgehead atoms. The van der Waals surface area contributed by atoms with Gasteiger partial charge in [0.05, 0.1) is 11.4 Å². The van der Waals surface area contributed by atoms with E-state index in [1.165, 1.54) is 22.9 Å². The fourth-order valence-corrected chi connectivity index (χ4v) is 3.52. The van der Waals surface area contributed by atoms with Gasteiger partial charge in [-0.15, -0.1) is 10.2 Å². The first-order chi connectivity index (χ1) is 13.5. The lowest BCUT2D eigenvalue weighted by Crippen LogP contribution is -2.28. The zero-order chi connectivity index (χ0) is 20.1. The minimum atomic E-state index is 0.00889. The van der Waals surface area contributed by atoms with Crippen LogP contribution >= 0.6 is 11.8 Å². The number of aryl methyl sites for hydroxylation is 2. The number of nitrogens with one attached hydrogen (secondary N) is 1. The molecule has 5 nitrogen and oxygen atoms in total. The molecule has 0 saturated carbocycles. The Hall–Kier alpha value is -2.60. The van der Waals surface area contributed by atoms with Crippen molar-refractivity contribution >= 4 is 17.7 Å². The van der Waals surface area contributed by atoms with Crippen molar-refractivity contribution in [3.8, 4) is 17.1 Å². The molecule has 0 spiro atoms. The number of carbonyl (C=O) groups excluding carboxylic acids is 1. The summed E-state index contributed by atoms with van der Waals surface area (Å²) in [7, 11) is 0. The average Bonchev–Trinajstić information content (AvgIpc) is 3.11. The first-order valence-electron chi connectivity index (χ1n) is 9.43. The van der Waals surface area contributed by atoms with Crippen molar-refractivity contribution in [3.05, 3.63) is 59.7 Å². The number of hydrogen-bond donors (Lipinski definition) is 1. The summed E-state index contributed by atoms with van der Waals surface area (Å²) in [6.45, 7) is 9.03. The molecule has 1 aromatic heterocycles. The molecule has 146 valence electrons. The third-order valence-corrected chi connectivity index (χ3v) is 5.38.